The zero-order valence-corrected chi connectivity index (χ0v) is 10.7. The van der Waals surface area contributed by atoms with E-state index < -0.39 is 17.8 Å². The number of carbonyl (C=O) groups is 3. The van der Waals surface area contributed by atoms with Gasteiger partial charge in [0, 0.05) is 20.0 Å². The Morgan fingerprint density at radius 1 is 1.13 bits per heavy atom. The molecule has 86 valence electrons. The summed E-state index contributed by atoms with van der Waals surface area (Å²) in [5, 5.41) is -0.0421. The monoisotopic (exact) mass is 278 g/mol. The Morgan fingerprint density at radius 3 is 1.87 bits per heavy atom. The Balaban J connectivity index is 4.85. The van der Waals surface area contributed by atoms with Crippen molar-refractivity contribution in [2.24, 2.45) is 0 Å². The van der Waals surface area contributed by atoms with E-state index in [0.29, 0.717) is 18.0 Å². The maximum absolute atomic E-state index is 11.7. The van der Waals surface area contributed by atoms with Crippen LogP contribution in [-0.2, 0) is 9.59 Å². The second-order valence-corrected chi connectivity index (χ2v) is 3.40. The number of imide groups is 3. The fourth-order valence-corrected chi connectivity index (χ4v) is 1.36. The van der Waals surface area contributed by atoms with E-state index in [1.807, 2.05) is 0 Å². The van der Waals surface area contributed by atoms with E-state index >= 15 is 0 Å². The highest BCUT2D eigenvalue weighted by atomic mass is 79.9. The number of halogens is 1. The molecule has 15 heavy (non-hydrogen) atoms. The molecule has 0 aliphatic rings. The van der Waals surface area contributed by atoms with Crippen LogP contribution in [0.15, 0.2) is 0 Å². The summed E-state index contributed by atoms with van der Waals surface area (Å²) in [7, 11) is 0. The van der Waals surface area contributed by atoms with Gasteiger partial charge in [-0.3, -0.25) is 9.59 Å². The minimum absolute atomic E-state index is 0.0421. The van der Waals surface area contributed by atoms with Gasteiger partial charge in [0.25, 0.3) is 0 Å². The van der Waals surface area contributed by atoms with Crippen molar-refractivity contribution < 1.29 is 14.4 Å². The van der Waals surface area contributed by atoms with Gasteiger partial charge in [0.15, 0.2) is 0 Å². The first kappa shape index (κ1) is 14.1. The third-order valence-electron chi connectivity index (χ3n) is 1.90. The van der Waals surface area contributed by atoms with Crippen molar-refractivity contribution in [3.63, 3.8) is 0 Å². The van der Waals surface area contributed by atoms with Crippen LogP contribution < -0.4 is 0 Å². The first-order valence-corrected chi connectivity index (χ1v) is 5.80. The summed E-state index contributed by atoms with van der Waals surface area (Å²) >= 11 is 2.93. The van der Waals surface area contributed by atoms with Gasteiger partial charge in [0.2, 0.25) is 11.8 Å². The Hall–Kier alpha value is -0.910. The van der Waals surface area contributed by atoms with Crippen LogP contribution in [0.5, 0.6) is 0 Å². The molecule has 0 aromatic rings. The average molecular weight is 279 g/mol. The molecule has 0 aromatic heterocycles. The van der Waals surface area contributed by atoms with Gasteiger partial charge >= 0.3 is 6.03 Å². The molecule has 0 atom stereocenters. The van der Waals surface area contributed by atoms with Crippen molar-refractivity contribution in [1.82, 2.24) is 9.80 Å². The van der Waals surface area contributed by atoms with Crippen LogP contribution in [0, 0.1) is 0 Å². The summed E-state index contributed by atoms with van der Waals surface area (Å²) in [6.45, 7) is 5.71. The van der Waals surface area contributed by atoms with Crippen molar-refractivity contribution in [3.05, 3.63) is 0 Å². The summed E-state index contributed by atoms with van der Waals surface area (Å²) in [5.41, 5.74) is 0. The summed E-state index contributed by atoms with van der Waals surface area (Å²) < 4.78 is 0. The topological polar surface area (TPSA) is 57.7 Å². The van der Waals surface area contributed by atoms with Crippen molar-refractivity contribution >= 4 is 33.8 Å². The van der Waals surface area contributed by atoms with Crippen LogP contribution in [0.4, 0.5) is 4.79 Å². The van der Waals surface area contributed by atoms with E-state index in [2.05, 4.69) is 15.9 Å². The maximum Gasteiger partial charge on any atom is 0.333 e. The second-order valence-electron chi connectivity index (χ2n) is 2.84. The van der Waals surface area contributed by atoms with E-state index in [4.69, 9.17) is 0 Å². The van der Waals surface area contributed by atoms with E-state index in [1.54, 1.807) is 13.8 Å². The van der Waals surface area contributed by atoms with Crippen LogP contribution in [0.2, 0.25) is 0 Å². The molecule has 0 aromatic carbocycles. The van der Waals surface area contributed by atoms with Crippen LogP contribution in [0.25, 0.3) is 0 Å². The summed E-state index contributed by atoms with van der Waals surface area (Å²) in [5.74, 6) is -1.10. The molecule has 0 rings (SSSR count). The molecule has 0 saturated heterocycles. The highest BCUT2D eigenvalue weighted by Gasteiger charge is 2.27. The number of rotatable bonds is 3. The average Bonchev–Trinajstić information content (AvgIpc) is 2.19. The van der Waals surface area contributed by atoms with Crippen LogP contribution in [0.3, 0.4) is 0 Å². The summed E-state index contributed by atoms with van der Waals surface area (Å²) in [6, 6.07) is -0.558. The molecule has 0 fully saturated rings. The van der Waals surface area contributed by atoms with Gasteiger partial charge in [-0.05, 0) is 13.8 Å². The van der Waals surface area contributed by atoms with Crippen molar-refractivity contribution in [3.8, 4) is 0 Å². The maximum atomic E-state index is 11.7. The molecule has 0 spiro atoms. The number of alkyl halides is 1. The van der Waals surface area contributed by atoms with Crippen LogP contribution in [-0.4, -0.2) is 46.1 Å². The third kappa shape index (κ3) is 3.62. The van der Waals surface area contributed by atoms with Crippen molar-refractivity contribution in [2.45, 2.75) is 20.8 Å². The molecule has 0 radical (unpaired) electrons. The fourth-order valence-electron chi connectivity index (χ4n) is 1.11. The van der Waals surface area contributed by atoms with Gasteiger partial charge in [-0.2, -0.15) is 4.90 Å². The van der Waals surface area contributed by atoms with E-state index in [1.165, 1.54) is 11.8 Å². The number of urea groups is 1. The van der Waals surface area contributed by atoms with Crippen LogP contribution >= 0.6 is 15.9 Å². The highest BCUT2D eigenvalue weighted by molar-refractivity contribution is 9.09. The molecular formula is C9H15BrN2O3. The molecule has 6 heteroatoms. The van der Waals surface area contributed by atoms with Crippen LogP contribution in [0.1, 0.15) is 20.8 Å². The van der Waals surface area contributed by atoms with Gasteiger partial charge < -0.3 is 4.90 Å². The number of amides is 4. The lowest BCUT2D eigenvalue weighted by Crippen LogP contribution is -2.48. The number of hydrogen-bond donors (Lipinski definition) is 0. The molecule has 0 aliphatic heterocycles. The highest BCUT2D eigenvalue weighted by Crippen LogP contribution is 2.02. The van der Waals surface area contributed by atoms with Crippen molar-refractivity contribution in [1.29, 1.82) is 0 Å². The van der Waals surface area contributed by atoms with Gasteiger partial charge in [-0.15, -0.1) is 0 Å². The van der Waals surface area contributed by atoms with Gasteiger partial charge in [0.05, 0.1) is 5.33 Å². The number of hydrogen-bond acceptors (Lipinski definition) is 3. The number of carbonyl (C=O) groups excluding carboxylic acids is 3. The molecule has 0 heterocycles. The van der Waals surface area contributed by atoms with Gasteiger partial charge in [0.1, 0.15) is 0 Å². The Bertz CT molecular complexity index is 264. The van der Waals surface area contributed by atoms with E-state index in [-0.39, 0.29) is 5.33 Å². The Kier molecular flexibility index (Phi) is 6.15. The molecule has 0 saturated carbocycles. The molecule has 0 bridgehead atoms. The smallest absolute Gasteiger partial charge is 0.324 e. The first-order valence-electron chi connectivity index (χ1n) is 4.67. The fraction of sp³-hybridized carbons (Fsp3) is 0.667. The lowest BCUT2D eigenvalue weighted by molar-refractivity contribution is -0.138. The number of nitrogens with zero attached hydrogens (tertiary/aromatic N) is 2. The minimum Gasteiger partial charge on any atom is -0.324 e. The molecule has 0 N–H and O–H groups in total. The third-order valence-corrected chi connectivity index (χ3v) is 2.38. The predicted octanol–water partition coefficient (Wildman–Crippen LogP) is 1.22. The second kappa shape index (κ2) is 6.55. The standard InChI is InChI=1S/C9H15BrN2O3/c1-4-11(5-2)9(15)12(7(3)13)8(14)6-10/h4-6H2,1-3H3. The predicted molar refractivity (Wildman–Crippen MR) is 59.6 cm³/mol. The quantitative estimate of drug-likeness (QED) is 0.730. The van der Waals surface area contributed by atoms with Crippen molar-refractivity contribution in [2.75, 3.05) is 18.4 Å². The SMILES string of the molecule is CCN(CC)C(=O)N(C(C)=O)C(=O)CBr. The molecule has 4 amide bonds. The molecule has 5 nitrogen and oxygen atoms in total. The molecule has 0 aliphatic carbocycles. The van der Waals surface area contributed by atoms with Gasteiger partial charge in [-0.1, -0.05) is 15.9 Å². The largest absolute Gasteiger partial charge is 0.333 e. The lowest BCUT2D eigenvalue weighted by atomic mass is 10.4. The zero-order chi connectivity index (χ0) is 12.0. The molecule has 0 unspecified atom stereocenters. The van der Waals surface area contributed by atoms with E-state index in [0.717, 1.165) is 0 Å². The lowest BCUT2D eigenvalue weighted by Gasteiger charge is -2.25. The zero-order valence-electron chi connectivity index (χ0n) is 9.12. The Morgan fingerprint density at radius 2 is 1.60 bits per heavy atom. The minimum atomic E-state index is -0.559. The Labute approximate surface area is 97.5 Å². The van der Waals surface area contributed by atoms with Gasteiger partial charge in [-0.25, -0.2) is 4.79 Å². The summed E-state index contributed by atoms with van der Waals surface area (Å²) in [4.78, 5) is 36.3. The molecular weight excluding hydrogens is 264 g/mol. The normalized spacial score (nSPS) is 9.60. The summed E-state index contributed by atoms with van der Waals surface area (Å²) in [6.07, 6.45) is 0. The first-order chi connectivity index (χ1) is 6.99. The van der Waals surface area contributed by atoms with E-state index in [9.17, 15) is 14.4 Å².